The molecule has 7 heteroatoms. The fraction of sp³-hybridized carbons (Fsp3) is 0.647. The van der Waals surface area contributed by atoms with Gasteiger partial charge in [-0.3, -0.25) is 9.59 Å². The molecule has 1 atom stereocenters. The van der Waals surface area contributed by atoms with E-state index in [1.54, 1.807) is 24.1 Å². The van der Waals surface area contributed by atoms with Gasteiger partial charge in [-0.25, -0.2) is 0 Å². The summed E-state index contributed by atoms with van der Waals surface area (Å²) in [6.45, 7) is 2.95. The Kier molecular flexibility index (Phi) is 4.80. The van der Waals surface area contributed by atoms with Gasteiger partial charge in [-0.1, -0.05) is 0 Å². The zero-order valence-electron chi connectivity index (χ0n) is 14.2. The summed E-state index contributed by atoms with van der Waals surface area (Å²) in [6.07, 6.45) is 2.51. The lowest BCUT2D eigenvalue weighted by Gasteiger charge is -2.39. The van der Waals surface area contributed by atoms with Crippen molar-refractivity contribution in [1.29, 1.82) is 0 Å². The average molecular weight is 336 g/mol. The first-order valence-corrected chi connectivity index (χ1v) is 8.31. The van der Waals surface area contributed by atoms with Gasteiger partial charge in [-0.15, -0.1) is 0 Å². The van der Waals surface area contributed by atoms with Crippen LogP contribution >= 0.6 is 0 Å². The molecule has 2 aliphatic heterocycles. The minimum atomic E-state index is -0.446. The molecule has 0 aliphatic carbocycles. The van der Waals surface area contributed by atoms with E-state index in [-0.39, 0.29) is 17.6 Å². The van der Waals surface area contributed by atoms with Gasteiger partial charge in [0.25, 0.3) is 11.9 Å². The zero-order chi connectivity index (χ0) is 17.2. The molecule has 0 aromatic carbocycles. The Labute approximate surface area is 141 Å². The van der Waals surface area contributed by atoms with E-state index in [0.717, 1.165) is 19.4 Å². The highest BCUT2D eigenvalue weighted by molar-refractivity contribution is 5.93. The predicted octanol–water partition coefficient (Wildman–Crippen LogP) is 1.39. The van der Waals surface area contributed by atoms with Crippen LogP contribution in [0.1, 0.15) is 29.8 Å². The van der Waals surface area contributed by atoms with Crippen LogP contribution < -0.4 is 4.74 Å². The van der Waals surface area contributed by atoms with E-state index < -0.39 is 5.41 Å². The highest BCUT2D eigenvalue weighted by Crippen LogP contribution is 2.40. The monoisotopic (exact) mass is 336 g/mol. The van der Waals surface area contributed by atoms with Crippen LogP contribution in [0.4, 0.5) is 0 Å². The summed E-state index contributed by atoms with van der Waals surface area (Å²) < 4.78 is 15.4. The standard InChI is InChI=1S/C17H24N2O5/c1-22-11-10-18-8-3-6-17(16(18)21)7-9-19(12-17)15(20)13-4-5-14(23-2)24-13/h4-5H,3,6-12H2,1-2H3. The lowest BCUT2D eigenvalue weighted by Crippen LogP contribution is -2.51. The van der Waals surface area contributed by atoms with E-state index in [4.69, 9.17) is 13.9 Å². The third-order valence-electron chi connectivity index (χ3n) is 5.02. The molecule has 132 valence electrons. The van der Waals surface area contributed by atoms with Gasteiger partial charge in [0.15, 0.2) is 5.76 Å². The Morgan fingerprint density at radius 2 is 2.12 bits per heavy atom. The number of nitrogens with zero attached hydrogens (tertiary/aromatic N) is 2. The number of amides is 2. The fourth-order valence-corrected chi connectivity index (χ4v) is 3.69. The van der Waals surface area contributed by atoms with Gasteiger partial charge < -0.3 is 23.7 Å². The molecule has 1 unspecified atom stereocenters. The van der Waals surface area contributed by atoms with Crippen molar-refractivity contribution >= 4 is 11.8 Å². The van der Waals surface area contributed by atoms with Crippen LogP contribution in [-0.2, 0) is 9.53 Å². The van der Waals surface area contributed by atoms with Gasteiger partial charge in [0.2, 0.25) is 5.91 Å². The molecule has 2 saturated heterocycles. The SMILES string of the molecule is COCCN1CCCC2(CCN(C(=O)c3ccc(OC)o3)C2)C1=O. The largest absolute Gasteiger partial charge is 0.468 e. The fourth-order valence-electron chi connectivity index (χ4n) is 3.69. The minimum absolute atomic E-state index is 0.151. The highest BCUT2D eigenvalue weighted by atomic mass is 16.6. The van der Waals surface area contributed by atoms with Gasteiger partial charge in [-0.2, -0.15) is 0 Å². The molecule has 1 aromatic heterocycles. The molecule has 1 aromatic rings. The van der Waals surface area contributed by atoms with Crippen LogP contribution in [0, 0.1) is 5.41 Å². The topological polar surface area (TPSA) is 72.2 Å². The van der Waals surface area contributed by atoms with Crippen molar-refractivity contribution in [3.63, 3.8) is 0 Å². The Morgan fingerprint density at radius 1 is 1.29 bits per heavy atom. The highest BCUT2D eigenvalue weighted by Gasteiger charge is 2.49. The van der Waals surface area contributed by atoms with Gasteiger partial charge in [0.1, 0.15) is 0 Å². The maximum atomic E-state index is 12.9. The Hall–Kier alpha value is -2.02. The van der Waals surface area contributed by atoms with E-state index >= 15 is 0 Å². The molecule has 0 N–H and O–H groups in total. The molecular weight excluding hydrogens is 312 g/mol. The van der Waals surface area contributed by atoms with Crippen LogP contribution in [0.3, 0.4) is 0 Å². The number of hydrogen-bond donors (Lipinski definition) is 0. The number of carbonyl (C=O) groups excluding carboxylic acids is 2. The first kappa shape index (κ1) is 16.8. The molecular formula is C17H24N2O5. The normalized spacial score (nSPS) is 24.0. The third-order valence-corrected chi connectivity index (χ3v) is 5.02. The van der Waals surface area contributed by atoms with Crippen LogP contribution in [0.5, 0.6) is 5.95 Å². The molecule has 0 saturated carbocycles. The number of carbonyl (C=O) groups is 2. The third kappa shape index (κ3) is 3.00. The van der Waals surface area contributed by atoms with Crippen LogP contribution in [0.2, 0.25) is 0 Å². The Bertz CT molecular complexity index is 614. The van der Waals surface area contributed by atoms with Crippen LogP contribution in [0.15, 0.2) is 16.5 Å². The maximum absolute atomic E-state index is 12.9. The van der Waals surface area contributed by atoms with Crippen LogP contribution in [-0.4, -0.2) is 68.6 Å². The predicted molar refractivity (Wildman–Crippen MR) is 85.9 cm³/mol. The van der Waals surface area contributed by atoms with Crippen LogP contribution in [0.25, 0.3) is 0 Å². The van der Waals surface area contributed by atoms with E-state index in [1.165, 1.54) is 7.11 Å². The van der Waals surface area contributed by atoms with E-state index in [9.17, 15) is 9.59 Å². The lowest BCUT2D eigenvalue weighted by atomic mass is 9.78. The number of hydrogen-bond acceptors (Lipinski definition) is 5. The number of furan rings is 1. The number of piperidine rings is 1. The average Bonchev–Trinajstić information content (AvgIpc) is 3.24. The summed E-state index contributed by atoms with van der Waals surface area (Å²) in [6, 6.07) is 3.23. The molecule has 24 heavy (non-hydrogen) atoms. The molecule has 3 rings (SSSR count). The summed E-state index contributed by atoms with van der Waals surface area (Å²) in [5.74, 6) is 0.533. The van der Waals surface area contributed by atoms with Crippen molar-refractivity contribution in [2.75, 3.05) is 47.0 Å². The zero-order valence-corrected chi connectivity index (χ0v) is 14.2. The van der Waals surface area contributed by atoms with E-state index in [2.05, 4.69) is 0 Å². The molecule has 1 spiro atoms. The Balaban J connectivity index is 1.69. The number of methoxy groups -OCH3 is 2. The number of likely N-dealkylation sites (tertiary alicyclic amines) is 2. The molecule has 0 radical (unpaired) electrons. The second-order valence-electron chi connectivity index (χ2n) is 6.47. The second-order valence-corrected chi connectivity index (χ2v) is 6.47. The van der Waals surface area contributed by atoms with Gasteiger partial charge in [0, 0.05) is 39.4 Å². The van der Waals surface area contributed by atoms with Gasteiger partial charge in [0.05, 0.1) is 19.1 Å². The minimum Gasteiger partial charge on any atom is -0.468 e. The Morgan fingerprint density at radius 3 is 2.83 bits per heavy atom. The molecule has 2 fully saturated rings. The van der Waals surface area contributed by atoms with E-state index in [0.29, 0.717) is 38.6 Å². The van der Waals surface area contributed by atoms with Crippen molar-refractivity contribution in [2.24, 2.45) is 5.41 Å². The molecule has 7 nitrogen and oxygen atoms in total. The second kappa shape index (κ2) is 6.84. The van der Waals surface area contributed by atoms with Crippen molar-refractivity contribution in [3.8, 4) is 5.95 Å². The summed E-state index contributed by atoms with van der Waals surface area (Å²) in [4.78, 5) is 29.1. The molecule has 2 amide bonds. The van der Waals surface area contributed by atoms with Crippen molar-refractivity contribution < 1.29 is 23.5 Å². The van der Waals surface area contributed by atoms with Crippen molar-refractivity contribution in [3.05, 3.63) is 17.9 Å². The summed E-state index contributed by atoms with van der Waals surface area (Å²) in [5.41, 5.74) is -0.446. The lowest BCUT2D eigenvalue weighted by molar-refractivity contribution is -0.146. The summed E-state index contributed by atoms with van der Waals surface area (Å²) in [5, 5.41) is 0. The number of ether oxygens (including phenoxy) is 2. The summed E-state index contributed by atoms with van der Waals surface area (Å²) in [7, 11) is 3.13. The van der Waals surface area contributed by atoms with Gasteiger partial charge >= 0.3 is 0 Å². The smallest absolute Gasteiger partial charge is 0.289 e. The molecule has 0 bridgehead atoms. The summed E-state index contributed by atoms with van der Waals surface area (Å²) >= 11 is 0. The van der Waals surface area contributed by atoms with Crippen molar-refractivity contribution in [1.82, 2.24) is 9.80 Å². The molecule has 3 heterocycles. The first-order valence-electron chi connectivity index (χ1n) is 8.31. The number of rotatable bonds is 5. The molecule has 2 aliphatic rings. The van der Waals surface area contributed by atoms with Crippen molar-refractivity contribution in [2.45, 2.75) is 19.3 Å². The quantitative estimate of drug-likeness (QED) is 0.812. The van der Waals surface area contributed by atoms with E-state index in [1.807, 2.05) is 4.90 Å². The maximum Gasteiger partial charge on any atom is 0.289 e. The van der Waals surface area contributed by atoms with Gasteiger partial charge in [-0.05, 0) is 25.3 Å². The first-order chi connectivity index (χ1) is 11.6.